The second-order valence-electron chi connectivity index (χ2n) is 5.37. The van der Waals surface area contributed by atoms with E-state index < -0.39 is 35.5 Å². The van der Waals surface area contributed by atoms with Gasteiger partial charge in [0.1, 0.15) is 18.2 Å². The number of halogens is 2. The fourth-order valence-electron chi connectivity index (χ4n) is 2.84. The van der Waals surface area contributed by atoms with Crippen LogP contribution in [0.2, 0.25) is 0 Å². The van der Waals surface area contributed by atoms with Crippen LogP contribution < -0.4 is 0 Å². The average Bonchev–Trinajstić information content (AvgIpc) is 2.46. The SMILES string of the molecule is CN(CC(=O)O)C(=O)C1(c2ccc(F)cc2F)CCOCC1. The lowest BCUT2D eigenvalue weighted by molar-refractivity contribution is -0.148. The molecule has 1 aromatic rings. The summed E-state index contributed by atoms with van der Waals surface area (Å²) in [4.78, 5) is 24.6. The number of benzene rings is 1. The summed E-state index contributed by atoms with van der Waals surface area (Å²) in [5, 5.41) is 8.83. The molecule has 1 amide bonds. The first-order valence-electron chi connectivity index (χ1n) is 6.87. The zero-order valence-electron chi connectivity index (χ0n) is 12.1. The number of carbonyl (C=O) groups is 2. The van der Waals surface area contributed by atoms with Gasteiger partial charge in [0, 0.05) is 31.9 Å². The van der Waals surface area contributed by atoms with Crippen LogP contribution in [0, 0.1) is 11.6 Å². The predicted octanol–water partition coefficient (Wildman–Crippen LogP) is 1.56. The van der Waals surface area contributed by atoms with Gasteiger partial charge in [0.2, 0.25) is 5.91 Å². The van der Waals surface area contributed by atoms with E-state index in [0.29, 0.717) is 0 Å². The van der Waals surface area contributed by atoms with Crippen LogP contribution in [0.5, 0.6) is 0 Å². The van der Waals surface area contributed by atoms with Crippen molar-refractivity contribution in [1.82, 2.24) is 4.90 Å². The minimum Gasteiger partial charge on any atom is -0.480 e. The van der Waals surface area contributed by atoms with Crippen molar-refractivity contribution in [1.29, 1.82) is 0 Å². The molecule has 0 radical (unpaired) electrons. The van der Waals surface area contributed by atoms with Gasteiger partial charge in [0.25, 0.3) is 0 Å². The zero-order valence-corrected chi connectivity index (χ0v) is 12.1. The van der Waals surface area contributed by atoms with E-state index in [2.05, 4.69) is 0 Å². The van der Waals surface area contributed by atoms with E-state index in [4.69, 9.17) is 9.84 Å². The fourth-order valence-corrected chi connectivity index (χ4v) is 2.84. The van der Waals surface area contributed by atoms with E-state index in [0.717, 1.165) is 17.0 Å². The molecule has 1 aromatic carbocycles. The molecule has 0 aliphatic carbocycles. The Labute approximate surface area is 126 Å². The monoisotopic (exact) mass is 313 g/mol. The van der Waals surface area contributed by atoms with Crippen molar-refractivity contribution in [2.45, 2.75) is 18.3 Å². The van der Waals surface area contributed by atoms with Gasteiger partial charge in [-0.15, -0.1) is 0 Å². The number of hydrogen-bond donors (Lipinski definition) is 1. The van der Waals surface area contributed by atoms with Gasteiger partial charge in [-0.05, 0) is 18.9 Å². The Morgan fingerprint density at radius 2 is 1.95 bits per heavy atom. The number of carboxylic acids is 1. The first-order valence-corrected chi connectivity index (χ1v) is 6.87. The molecule has 7 heteroatoms. The smallest absolute Gasteiger partial charge is 0.323 e. The number of carbonyl (C=O) groups excluding carboxylic acids is 1. The summed E-state index contributed by atoms with van der Waals surface area (Å²) >= 11 is 0. The molecule has 1 saturated heterocycles. The van der Waals surface area contributed by atoms with Crippen LogP contribution in [0.3, 0.4) is 0 Å². The standard InChI is InChI=1S/C15H17F2NO4/c1-18(9-13(19)20)14(21)15(4-6-22-7-5-15)11-3-2-10(16)8-12(11)17/h2-3,8H,4-7,9H2,1H3,(H,19,20). The van der Waals surface area contributed by atoms with Crippen molar-refractivity contribution in [3.8, 4) is 0 Å². The number of nitrogens with zero attached hydrogens (tertiary/aromatic N) is 1. The van der Waals surface area contributed by atoms with Crippen LogP contribution in [-0.2, 0) is 19.7 Å². The van der Waals surface area contributed by atoms with Gasteiger partial charge in [-0.2, -0.15) is 0 Å². The average molecular weight is 313 g/mol. The molecule has 22 heavy (non-hydrogen) atoms. The summed E-state index contributed by atoms with van der Waals surface area (Å²) in [5.41, 5.74) is -1.14. The van der Waals surface area contributed by atoms with Gasteiger partial charge in [0.05, 0.1) is 5.41 Å². The highest BCUT2D eigenvalue weighted by molar-refractivity contribution is 5.90. The van der Waals surface area contributed by atoms with Crippen LogP contribution in [0.1, 0.15) is 18.4 Å². The van der Waals surface area contributed by atoms with E-state index in [-0.39, 0.29) is 31.6 Å². The summed E-state index contributed by atoms with van der Waals surface area (Å²) in [6, 6.07) is 3.08. The van der Waals surface area contributed by atoms with E-state index in [9.17, 15) is 18.4 Å². The largest absolute Gasteiger partial charge is 0.480 e. The predicted molar refractivity (Wildman–Crippen MR) is 73.4 cm³/mol. The van der Waals surface area contributed by atoms with Crippen LogP contribution in [0.15, 0.2) is 18.2 Å². The quantitative estimate of drug-likeness (QED) is 0.916. The molecule has 2 rings (SSSR count). The summed E-state index contributed by atoms with van der Waals surface area (Å²) < 4.78 is 32.6. The highest BCUT2D eigenvalue weighted by Gasteiger charge is 2.45. The molecule has 0 aromatic heterocycles. The van der Waals surface area contributed by atoms with Crippen LogP contribution in [-0.4, -0.2) is 48.7 Å². The van der Waals surface area contributed by atoms with Crippen molar-refractivity contribution < 1.29 is 28.2 Å². The molecule has 1 heterocycles. The highest BCUT2D eigenvalue weighted by Crippen LogP contribution is 2.38. The molecular weight excluding hydrogens is 296 g/mol. The van der Waals surface area contributed by atoms with Gasteiger partial charge in [0.15, 0.2) is 0 Å². The lowest BCUT2D eigenvalue weighted by atomic mass is 9.72. The number of hydrogen-bond acceptors (Lipinski definition) is 3. The van der Waals surface area contributed by atoms with Crippen molar-refractivity contribution in [2.75, 3.05) is 26.8 Å². The zero-order chi connectivity index (χ0) is 16.3. The van der Waals surface area contributed by atoms with E-state index >= 15 is 0 Å². The number of rotatable bonds is 4. The molecular formula is C15H17F2NO4. The minimum atomic E-state index is -1.22. The Bertz CT molecular complexity index is 585. The number of aliphatic carboxylic acids is 1. The van der Waals surface area contributed by atoms with Crippen molar-refractivity contribution in [2.24, 2.45) is 0 Å². The van der Waals surface area contributed by atoms with Gasteiger partial charge < -0.3 is 14.7 Å². The molecule has 0 unspecified atom stereocenters. The molecule has 0 bridgehead atoms. The Morgan fingerprint density at radius 1 is 1.32 bits per heavy atom. The van der Waals surface area contributed by atoms with Gasteiger partial charge >= 0.3 is 5.97 Å². The molecule has 0 atom stereocenters. The summed E-state index contributed by atoms with van der Waals surface area (Å²) in [6.45, 7) is 0.0250. The molecule has 1 fully saturated rings. The number of amides is 1. The molecule has 1 N–H and O–H groups in total. The van der Waals surface area contributed by atoms with Gasteiger partial charge in [-0.3, -0.25) is 9.59 Å². The number of likely N-dealkylation sites (N-methyl/N-ethyl adjacent to an activating group) is 1. The van der Waals surface area contributed by atoms with Gasteiger partial charge in [-0.25, -0.2) is 8.78 Å². The molecule has 120 valence electrons. The second kappa shape index (κ2) is 6.39. The molecule has 1 aliphatic heterocycles. The highest BCUT2D eigenvalue weighted by atomic mass is 19.1. The lowest BCUT2D eigenvalue weighted by Gasteiger charge is -2.38. The third-order valence-corrected chi connectivity index (χ3v) is 3.92. The van der Waals surface area contributed by atoms with Crippen LogP contribution >= 0.6 is 0 Å². The number of carboxylic acid groups (broad SMARTS) is 1. The fraction of sp³-hybridized carbons (Fsp3) is 0.467. The summed E-state index contributed by atoms with van der Waals surface area (Å²) in [6.07, 6.45) is 0.441. The Balaban J connectivity index is 2.43. The van der Waals surface area contributed by atoms with E-state index in [1.807, 2.05) is 0 Å². The van der Waals surface area contributed by atoms with Crippen LogP contribution in [0.25, 0.3) is 0 Å². The molecule has 5 nitrogen and oxygen atoms in total. The summed E-state index contributed by atoms with van der Waals surface area (Å²) in [5.74, 6) is -3.19. The minimum absolute atomic E-state index is 0.0828. The van der Waals surface area contributed by atoms with E-state index in [1.54, 1.807) is 0 Å². The van der Waals surface area contributed by atoms with Crippen molar-refractivity contribution in [3.05, 3.63) is 35.4 Å². The topological polar surface area (TPSA) is 66.8 Å². The van der Waals surface area contributed by atoms with Crippen molar-refractivity contribution in [3.63, 3.8) is 0 Å². The van der Waals surface area contributed by atoms with E-state index in [1.165, 1.54) is 13.1 Å². The lowest BCUT2D eigenvalue weighted by Crippen LogP contribution is -2.50. The third-order valence-electron chi connectivity index (χ3n) is 3.92. The normalized spacial score (nSPS) is 17.0. The summed E-state index contributed by atoms with van der Waals surface area (Å²) in [7, 11) is 1.36. The Morgan fingerprint density at radius 3 is 2.50 bits per heavy atom. The second-order valence-corrected chi connectivity index (χ2v) is 5.37. The maximum Gasteiger partial charge on any atom is 0.323 e. The molecule has 0 saturated carbocycles. The first-order chi connectivity index (χ1) is 10.4. The number of ether oxygens (including phenoxy) is 1. The first kappa shape index (κ1) is 16.4. The molecule has 1 aliphatic rings. The third kappa shape index (κ3) is 3.09. The van der Waals surface area contributed by atoms with Crippen molar-refractivity contribution >= 4 is 11.9 Å². The van der Waals surface area contributed by atoms with Crippen LogP contribution in [0.4, 0.5) is 8.78 Å². The molecule has 0 spiro atoms. The maximum atomic E-state index is 14.2. The Kier molecular flexibility index (Phi) is 4.75. The Hall–Kier alpha value is -2.02. The van der Waals surface area contributed by atoms with Gasteiger partial charge in [-0.1, -0.05) is 6.07 Å². The maximum absolute atomic E-state index is 14.2.